The van der Waals surface area contributed by atoms with Crippen LogP contribution < -0.4 is 5.32 Å². The van der Waals surface area contributed by atoms with E-state index in [1.54, 1.807) is 28.9 Å². The van der Waals surface area contributed by atoms with Gasteiger partial charge in [-0.1, -0.05) is 0 Å². The number of nitrogens with zero attached hydrogens (tertiary/aromatic N) is 4. The van der Waals surface area contributed by atoms with E-state index in [1.165, 1.54) is 0 Å². The predicted molar refractivity (Wildman–Crippen MR) is 130 cm³/mol. The first-order valence-electron chi connectivity index (χ1n) is 11.1. The molecule has 8 nitrogen and oxygen atoms in total. The van der Waals surface area contributed by atoms with Crippen molar-refractivity contribution in [3.63, 3.8) is 0 Å². The van der Waals surface area contributed by atoms with Gasteiger partial charge in [0.1, 0.15) is 17.6 Å². The van der Waals surface area contributed by atoms with Gasteiger partial charge in [-0.2, -0.15) is 5.10 Å². The number of pyridine rings is 1. The first-order chi connectivity index (χ1) is 15.5. The van der Waals surface area contributed by atoms with Gasteiger partial charge in [-0.3, -0.25) is 9.59 Å². The molecule has 0 saturated carbocycles. The zero-order valence-electron chi connectivity index (χ0n) is 20.2. The maximum atomic E-state index is 13.8. The molecule has 0 aliphatic carbocycles. The lowest BCUT2D eigenvalue weighted by atomic mass is 10.0. The minimum Gasteiger partial charge on any atom is -0.466 e. The fourth-order valence-electron chi connectivity index (χ4n) is 4.06. The van der Waals surface area contributed by atoms with Crippen molar-refractivity contribution in [3.05, 3.63) is 35.4 Å². The summed E-state index contributed by atoms with van der Waals surface area (Å²) in [7, 11) is 0. The van der Waals surface area contributed by atoms with Crippen molar-refractivity contribution in [3.8, 4) is 11.3 Å². The van der Waals surface area contributed by atoms with E-state index in [4.69, 9.17) is 9.40 Å². The molecule has 33 heavy (non-hydrogen) atoms. The van der Waals surface area contributed by atoms with Gasteiger partial charge in [0.25, 0.3) is 5.91 Å². The standard InChI is InChI=1S/C24H31N5O3S/c1-13(2)29-21-18(10-25-29)17(9-19(26-21)16-8-14(3)32-15(16)4)23(31)28-12-33-11-20(28)22(30)27-24(5,6)7/h8-10,13,20H,11-12H2,1-7H3,(H,27,30). The number of carbonyl (C=O) groups excluding carboxylic acids is 2. The molecule has 0 aromatic carbocycles. The van der Waals surface area contributed by atoms with Gasteiger partial charge in [-0.15, -0.1) is 11.8 Å². The molecule has 1 fully saturated rings. The fourth-order valence-corrected chi connectivity index (χ4v) is 5.22. The van der Waals surface area contributed by atoms with Crippen LogP contribution >= 0.6 is 11.8 Å². The Balaban J connectivity index is 1.81. The molecule has 0 bridgehead atoms. The number of hydrogen-bond acceptors (Lipinski definition) is 6. The van der Waals surface area contributed by atoms with Gasteiger partial charge in [0.15, 0.2) is 5.65 Å². The van der Waals surface area contributed by atoms with E-state index in [9.17, 15) is 9.59 Å². The summed E-state index contributed by atoms with van der Waals surface area (Å²) in [6.07, 6.45) is 1.69. The minimum atomic E-state index is -0.522. The molecule has 1 N–H and O–H groups in total. The summed E-state index contributed by atoms with van der Waals surface area (Å²) in [6, 6.07) is 3.29. The van der Waals surface area contributed by atoms with E-state index in [0.717, 1.165) is 17.1 Å². The van der Waals surface area contributed by atoms with Gasteiger partial charge >= 0.3 is 0 Å². The number of fused-ring (bicyclic) bond motifs is 1. The van der Waals surface area contributed by atoms with Crippen molar-refractivity contribution in [1.29, 1.82) is 0 Å². The van der Waals surface area contributed by atoms with Gasteiger partial charge in [-0.25, -0.2) is 9.67 Å². The zero-order chi connectivity index (χ0) is 24.1. The minimum absolute atomic E-state index is 0.0769. The van der Waals surface area contributed by atoms with Crippen molar-refractivity contribution in [2.45, 2.75) is 66.1 Å². The van der Waals surface area contributed by atoms with Crippen LogP contribution in [0.2, 0.25) is 0 Å². The van der Waals surface area contributed by atoms with Gasteiger partial charge in [0.05, 0.1) is 28.7 Å². The Morgan fingerprint density at radius 2 is 1.97 bits per heavy atom. The highest BCUT2D eigenvalue weighted by molar-refractivity contribution is 7.99. The van der Waals surface area contributed by atoms with Crippen molar-refractivity contribution in [2.24, 2.45) is 0 Å². The molecule has 1 aliphatic rings. The molecule has 1 atom stereocenters. The summed E-state index contributed by atoms with van der Waals surface area (Å²) >= 11 is 1.58. The highest BCUT2D eigenvalue weighted by Crippen LogP contribution is 2.32. The van der Waals surface area contributed by atoms with Crippen molar-refractivity contribution >= 4 is 34.6 Å². The Morgan fingerprint density at radius 1 is 1.24 bits per heavy atom. The summed E-state index contributed by atoms with van der Waals surface area (Å²) in [5.74, 6) is 2.23. The van der Waals surface area contributed by atoms with Crippen LogP contribution in [0.15, 0.2) is 22.7 Å². The molecule has 4 rings (SSSR count). The molecule has 4 heterocycles. The van der Waals surface area contributed by atoms with Crippen molar-refractivity contribution < 1.29 is 14.0 Å². The van der Waals surface area contributed by atoms with Crippen LogP contribution in [0.3, 0.4) is 0 Å². The largest absolute Gasteiger partial charge is 0.466 e. The van der Waals surface area contributed by atoms with E-state index in [-0.39, 0.29) is 23.4 Å². The summed E-state index contributed by atoms with van der Waals surface area (Å²) in [5.41, 5.74) is 2.27. The van der Waals surface area contributed by atoms with Gasteiger partial charge in [0.2, 0.25) is 5.91 Å². The molecule has 1 aliphatic heterocycles. The SMILES string of the molecule is Cc1cc(-c2cc(C(=O)N3CSCC3C(=O)NC(C)(C)C)c3cnn(C(C)C)c3n2)c(C)o1. The second-order valence-corrected chi connectivity index (χ2v) is 10.8. The van der Waals surface area contributed by atoms with E-state index >= 15 is 0 Å². The molecule has 3 aromatic rings. The maximum Gasteiger partial charge on any atom is 0.256 e. The monoisotopic (exact) mass is 469 g/mol. The Hall–Kier alpha value is -2.81. The maximum absolute atomic E-state index is 13.8. The average Bonchev–Trinajstić information content (AvgIpc) is 3.42. The Kier molecular flexibility index (Phi) is 6.03. The molecule has 176 valence electrons. The molecule has 3 aromatic heterocycles. The van der Waals surface area contributed by atoms with Crippen molar-refractivity contribution in [2.75, 3.05) is 11.6 Å². The van der Waals surface area contributed by atoms with Crippen LogP contribution in [0.5, 0.6) is 0 Å². The molecule has 0 spiro atoms. The van der Waals surface area contributed by atoms with E-state index in [2.05, 4.69) is 10.4 Å². The zero-order valence-corrected chi connectivity index (χ0v) is 21.0. The molecular formula is C24H31N5O3S. The van der Waals surface area contributed by atoms with E-state index < -0.39 is 6.04 Å². The summed E-state index contributed by atoms with van der Waals surface area (Å²) < 4.78 is 7.54. The summed E-state index contributed by atoms with van der Waals surface area (Å²) in [4.78, 5) is 33.3. The lowest BCUT2D eigenvalue weighted by Gasteiger charge is -2.28. The van der Waals surface area contributed by atoms with Crippen LogP contribution in [0.1, 0.15) is 62.5 Å². The highest BCUT2D eigenvalue weighted by atomic mass is 32.2. The third-order valence-electron chi connectivity index (χ3n) is 5.55. The molecule has 0 radical (unpaired) electrons. The van der Waals surface area contributed by atoms with Gasteiger partial charge in [0, 0.05) is 22.9 Å². The lowest BCUT2D eigenvalue weighted by Crippen LogP contribution is -2.52. The number of nitrogens with one attached hydrogen (secondary N) is 1. The summed E-state index contributed by atoms with van der Waals surface area (Å²) in [5, 5.41) is 8.20. The predicted octanol–water partition coefficient (Wildman–Crippen LogP) is 4.32. The number of thioether (sulfide) groups is 1. The van der Waals surface area contributed by atoms with Crippen LogP contribution in [0, 0.1) is 13.8 Å². The number of furan rings is 1. The van der Waals surface area contributed by atoms with Crippen LogP contribution in [0.4, 0.5) is 0 Å². The normalized spacial score (nSPS) is 16.7. The second-order valence-electron chi connectivity index (χ2n) is 9.83. The summed E-state index contributed by atoms with van der Waals surface area (Å²) in [6.45, 7) is 13.6. The van der Waals surface area contributed by atoms with Gasteiger partial charge < -0.3 is 14.6 Å². The molecule has 1 saturated heterocycles. The molecular weight excluding hydrogens is 438 g/mol. The highest BCUT2D eigenvalue weighted by Gasteiger charge is 2.37. The Morgan fingerprint density at radius 3 is 2.58 bits per heavy atom. The lowest BCUT2D eigenvalue weighted by molar-refractivity contribution is -0.125. The number of hydrogen-bond donors (Lipinski definition) is 1. The Labute approximate surface area is 198 Å². The Bertz CT molecular complexity index is 1220. The first kappa shape index (κ1) is 23.4. The van der Waals surface area contributed by atoms with Gasteiger partial charge in [-0.05, 0) is 60.6 Å². The number of amides is 2. The third kappa shape index (κ3) is 4.51. The molecule has 1 unspecified atom stereocenters. The molecule has 9 heteroatoms. The number of aromatic nitrogens is 3. The number of rotatable bonds is 4. The number of carbonyl (C=O) groups is 2. The van der Waals surface area contributed by atoms with Crippen LogP contribution in [0.25, 0.3) is 22.3 Å². The quantitative estimate of drug-likeness (QED) is 0.612. The van der Waals surface area contributed by atoms with Crippen LogP contribution in [-0.2, 0) is 4.79 Å². The smallest absolute Gasteiger partial charge is 0.256 e. The van der Waals surface area contributed by atoms with Crippen LogP contribution in [-0.4, -0.2) is 54.7 Å². The first-order valence-corrected chi connectivity index (χ1v) is 12.3. The molecule has 2 amide bonds. The fraction of sp³-hybridized carbons (Fsp3) is 0.500. The average molecular weight is 470 g/mol. The van der Waals surface area contributed by atoms with E-state index in [1.807, 2.05) is 59.2 Å². The number of aryl methyl sites for hydroxylation is 2. The van der Waals surface area contributed by atoms with Crippen molar-refractivity contribution in [1.82, 2.24) is 25.0 Å². The third-order valence-corrected chi connectivity index (χ3v) is 6.56. The topological polar surface area (TPSA) is 93.3 Å². The second kappa shape index (κ2) is 8.52. The van der Waals surface area contributed by atoms with E-state index in [0.29, 0.717) is 33.9 Å².